The fourth-order valence-electron chi connectivity index (χ4n) is 5.24. The molecule has 0 saturated carbocycles. The zero-order valence-electron chi connectivity index (χ0n) is 20.6. The quantitative estimate of drug-likeness (QED) is 0.561. The summed E-state index contributed by atoms with van der Waals surface area (Å²) in [4.78, 5) is 18.6. The van der Waals surface area contributed by atoms with E-state index in [-0.39, 0.29) is 5.41 Å². The highest BCUT2D eigenvalue weighted by atomic mass is 16.5. The molecule has 2 aromatic carbocycles. The molecule has 0 unspecified atom stereocenters. The van der Waals surface area contributed by atoms with E-state index >= 15 is 0 Å². The minimum absolute atomic E-state index is 0.0314. The van der Waals surface area contributed by atoms with Gasteiger partial charge in [0, 0.05) is 50.1 Å². The average Bonchev–Trinajstić information content (AvgIpc) is 3.44. The molecular weight excluding hydrogens is 442 g/mol. The van der Waals surface area contributed by atoms with Crippen LogP contribution in [0.25, 0.3) is 10.9 Å². The average molecular weight is 476 g/mol. The van der Waals surface area contributed by atoms with E-state index in [0.29, 0.717) is 23.3 Å². The SMILES string of the molecule is COc1cc2nc(N(C)CC3(c4ccccc4)CCN(C4=NCCN4)CC3)nc(N)c2cc1OC. The third-order valence-corrected chi connectivity index (χ3v) is 7.16. The van der Waals surface area contributed by atoms with Crippen molar-refractivity contribution in [1.29, 1.82) is 0 Å². The lowest BCUT2D eigenvalue weighted by Gasteiger charge is -2.44. The number of nitrogens with two attached hydrogens (primary N) is 1. The van der Waals surface area contributed by atoms with Crippen LogP contribution in [0, 0.1) is 0 Å². The van der Waals surface area contributed by atoms with Gasteiger partial charge in [-0.1, -0.05) is 30.3 Å². The van der Waals surface area contributed by atoms with Gasteiger partial charge in [-0.3, -0.25) is 4.99 Å². The van der Waals surface area contributed by atoms with Gasteiger partial charge in [-0.15, -0.1) is 0 Å². The van der Waals surface area contributed by atoms with Gasteiger partial charge in [0.25, 0.3) is 0 Å². The molecular formula is C26H33N7O2. The Kier molecular flexibility index (Phi) is 6.23. The number of guanidine groups is 1. The van der Waals surface area contributed by atoms with Crippen molar-refractivity contribution >= 4 is 28.6 Å². The van der Waals surface area contributed by atoms with E-state index in [4.69, 9.17) is 20.2 Å². The molecule has 2 aliphatic heterocycles. The number of methoxy groups -OCH3 is 2. The number of hydrogen-bond acceptors (Lipinski definition) is 9. The van der Waals surface area contributed by atoms with E-state index in [9.17, 15) is 0 Å². The lowest BCUT2D eigenvalue weighted by molar-refractivity contribution is 0.225. The van der Waals surface area contributed by atoms with Gasteiger partial charge < -0.3 is 30.3 Å². The summed E-state index contributed by atoms with van der Waals surface area (Å²) in [6.45, 7) is 4.47. The van der Waals surface area contributed by atoms with Gasteiger partial charge in [0.2, 0.25) is 5.95 Å². The molecule has 1 saturated heterocycles. The number of nitrogens with one attached hydrogen (secondary N) is 1. The zero-order valence-corrected chi connectivity index (χ0v) is 20.6. The molecule has 3 aromatic rings. The topological polar surface area (TPSA) is 101 Å². The number of aromatic nitrogens is 2. The van der Waals surface area contributed by atoms with Gasteiger partial charge in [0.15, 0.2) is 17.5 Å². The van der Waals surface area contributed by atoms with Crippen LogP contribution in [0.15, 0.2) is 47.5 Å². The van der Waals surface area contributed by atoms with Gasteiger partial charge in [-0.25, -0.2) is 4.98 Å². The molecule has 0 bridgehead atoms. The molecule has 5 rings (SSSR count). The molecule has 0 atom stereocenters. The number of piperidine rings is 1. The highest BCUT2D eigenvalue weighted by molar-refractivity contribution is 5.91. The van der Waals surface area contributed by atoms with Crippen molar-refractivity contribution in [3.05, 3.63) is 48.0 Å². The van der Waals surface area contributed by atoms with Crippen LogP contribution in [-0.4, -0.2) is 74.8 Å². The van der Waals surface area contributed by atoms with Crippen molar-refractivity contribution < 1.29 is 9.47 Å². The first-order chi connectivity index (χ1) is 17.0. The molecule has 0 aliphatic carbocycles. The van der Waals surface area contributed by atoms with E-state index in [1.54, 1.807) is 14.2 Å². The van der Waals surface area contributed by atoms with Crippen molar-refractivity contribution in [2.45, 2.75) is 18.3 Å². The normalized spacial score (nSPS) is 17.1. The summed E-state index contributed by atoms with van der Waals surface area (Å²) in [6, 6.07) is 14.5. The summed E-state index contributed by atoms with van der Waals surface area (Å²) < 4.78 is 10.9. The van der Waals surface area contributed by atoms with Crippen LogP contribution in [0.4, 0.5) is 11.8 Å². The Balaban J connectivity index is 1.45. The molecule has 35 heavy (non-hydrogen) atoms. The van der Waals surface area contributed by atoms with Crippen molar-refractivity contribution in [3.63, 3.8) is 0 Å². The molecule has 0 spiro atoms. The molecule has 0 radical (unpaired) electrons. The largest absolute Gasteiger partial charge is 0.493 e. The maximum absolute atomic E-state index is 6.37. The second-order valence-electron chi connectivity index (χ2n) is 9.25. The minimum atomic E-state index is -0.0314. The summed E-state index contributed by atoms with van der Waals surface area (Å²) in [5.41, 5.74) is 8.41. The fraction of sp³-hybridized carbons (Fsp3) is 0.423. The molecule has 184 valence electrons. The van der Waals surface area contributed by atoms with Crippen LogP contribution in [-0.2, 0) is 5.41 Å². The van der Waals surface area contributed by atoms with Crippen LogP contribution in [0.1, 0.15) is 18.4 Å². The predicted molar refractivity (Wildman–Crippen MR) is 140 cm³/mol. The lowest BCUT2D eigenvalue weighted by Crippen LogP contribution is -2.52. The van der Waals surface area contributed by atoms with E-state index in [1.807, 2.05) is 19.2 Å². The molecule has 2 aliphatic rings. The number of anilines is 2. The second-order valence-corrected chi connectivity index (χ2v) is 9.25. The third kappa shape index (κ3) is 4.38. The summed E-state index contributed by atoms with van der Waals surface area (Å²) >= 11 is 0. The Morgan fingerprint density at radius 3 is 2.43 bits per heavy atom. The second kappa shape index (κ2) is 9.48. The molecule has 3 N–H and O–H groups in total. The van der Waals surface area contributed by atoms with E-state index in [2.05, 4.69) is 55.4 Å². The van der Waals surface area contributed by atoms with Crippen LogP contribution in [0.2, 0.25) is 0 Å². The summed E-state index contributed by atoms with van der Waals surface area (Å²) in [5.74, 6) is 3.28. The first-order valence-corrected chi connectivity index (χ1v) is 12.0. The molecule has 9 nitrogen and oxygen atoms in total. The molecule has 0 amide bonds. The molecule has 1 fully saturated rings. The van der Waals surface area contributed by atoms with Crippen LogP contribution >= 0.6 is 0 Å². The maximum Gasteiger partial charge on any atom is 0.227 e. The van der Waals surface area contributed by atoms with Crippen LogP contribution in [0.5, 0.6) is 11.5 Å². The van der Waals surface area contributed by atoms with Gasteiger partial charge >= 0.3 is 0 Å². The van der Waals surface area contributed by atoms with E-state index < -0.39 is 0 Å². The Bertz CT molecular complexity index is 1220. The summed E-state index contributed by atoms with van der Waals surface area (Å²) in [5, 5.41) is 4.16. The number of nitrogens with zero attached hydrogens (tertiary/aromatic N) is 5. The number of likely N-dealkylation sites (N-methyl/N-ethyl adjacent to an activating group) is 1. The Hall–Kier alpha value is -3.75. The number of hydrogen-bond donors (Lipinski definition) is 2. The Morgan fingerprint density at radius 2 is 1.77 bits per heavy atom. The fourth-order valence-corrected chi connectivity index (χ4v) is 5.24. The van der Waals surface area contributed by atoms with E-state index in [0.717, 1.165) is 62.4 Å². The van der Waals surface area contributed by atoms with Crippen molar-refractivity contribution in [2.75, 3.05) is 64.6 Å². The molecule has 1 aromatic heterocycles. The van der Waals surface area contributed by atoms with Gasteiger partial charge in [-0.2, -0.15) is 4.98 Å². The number of benzene rings is 2. The number of aliphatic imine (C=N–C) groups is 1. The monoisotopic (exact) mass is 475 g/mol. The number of fused-ring (bicyclic) bond motifs is 1. The first-order valence-electron chi connectivity index (χ1n) is 12.0. The smallest absolute Gasteiger partial charge is 0.227 e. The van der Waals surface area contributed by atoms with Gasteiger partial charge in [0.05, 0.1) is 26.3 Å². The predicted octanol–water partition coefficient (Wildman–Crippen LogP) is 2.66. The van der Waals surface area contributed by atoms with Crippen molar-refractivity contribution in [3.8, 4) is 11.5 Å². The minimum Gasteiger partial charge on any atom is -0.493 e. The first kappa shape index (κ1) is 23.0. The molecule has 3 heterocycles. The standard InChI is InChI=1S/C26H33N7O2/c1-32(25-30-20-16-22(35-3)21(34-2)15-19(20)23(27)31-25)17-26(18-7-5-4-6-8-18)9-13-33(14-10-26)24-28-11-12-29-24/h4-8,15-16H,9-14,17H2,1-3H3,(H,28,29)(H2,27,30,31). The highest BCUT2D eigenvalue weighted by Gasteiger charge is 2.38. The number of rotatable bonds is 6. The van der Waals surface area contributed by atoms with Crippen LogP contribution < -0.4 is 25.4 Å². The Morgan fingerprint density at radius 1 is 1.06 bits per heavy atom. The highest BCUT2D eigenvalue weighted by Crippen LogP contribution is 2.38. The zero-order chi connectivity index (χ0) is 24.4. The Labute approximate surface area is 206 Å². The van der Waals surface area contributed by atoms with E-state index in [1.165, 1.54) is 5.56 Å². The number of nitrogen functional groups attached to an aromatic ring is 1. The van der Waals surface area contributed by atoms with Crippen molar-refractivity contribution in [2.24, 2.45) is 4.99 Å². The van der Waals surface area contributed by atoms with Gasteiger partial charge in [-0.05, 0) is 24.5 Å². The van der Waals surface area contributed by atoms with Gasteiger partial charge in [0.1, 0.15) is 5.82 Å². The summed E-state index contributed by atoms with van der Waals surface area (Å²) in [7, 11) is 5.26. The number of ether oxygens (including phenoxy) is 2. The number of likely N-dealkylation sites (tertiary alicyclic amines) is 1. The van der Waals surface area contributed by atoms with Crippen molar-refractivity contribution in [1.82, 2.24) is 20.2 Å². The third-order valence-electron chi connectivity index (χ3n) is 7.16. The summed E-state index contributed by atoms with van der Waals surface area (Å²) in [6.07, 6.45) is 2.02. The maximum atomic E-state index is 6.37. The lowest BCUT2D eigenvalue weighted by atomic mass is 9.72. The molecule has 9 heteroatoms. The van der Waals surface area contributed by atoms with Crippen LogP contribution in [0.3, 0.4) is 0 Å².